The first kappa shape index (κ1) is 14.5. The molecule has 0 aromatic rings. The Morgan fingerprint density at radius 1 is 0.944 bits per heavy atom. The molecular formula is C12H21N3O3. The highest BCUT2D eigenvalue weighted by Gasteiger charge is 2.30. The summed E-state index contributed by atoms with van der Waals surface area (Å²) in [6, 6.07) is 0. The maximum atomic E-state index is 12.0. The van der Waals surface area contributed by atoms with Crippen molar-refractivity contribution in [1.82, 2.24) is 14.7 Å². The second-order valence-corrected chi connectivity index (χ2v) is 4.86. The average molecular weight is 255 g/mol. The fourth-order valence-corrected chi connectivity index (χ4v) is 2.11. The normalized spacial score (nSPS) is 17.3. The molecule has 6 heteroatoms. The Bertz CT molecular complexity index is 330. The van der Waals surface area contributed by atoms with Crippen LogP contribution in [0.4, 0.5) is 0 Å². The molecule has 0 atom stereocenters. The van der Waals surface area contributed by atoms with E-state index < -0.39 is 0 Å². The first-order valence-electron chi connectivity index (χ1n) is 6.05. The van der Waals surface area contributed by atoms with Crippen LogP contribution in [0.25, 0.3) is 0 Å². The van der Waals surface area contributed by atoms with Gasteiger partial charge in [-0.05, 0) is 0 Å². The van der Waals surface area contributed by atoms with Crippen molar-refractivity contribution in [2.24, 2.45) is 5.92 Å². The van der Waals surface area contributed by atoms with Gasteiger partial charge in [0.2, 0.25) is 17.7 Å². The minimum absolute atomic E-state index is 0.0469. The van der Waals surface area contributed by atoms with Gasteiger partial charge >= 0.3 is 0 Å². The second kappa shape index (κ2) is 5.84. The third kappa shape index (κ3) is 3.45. The van der Waals surface area contributed by atoms with E-state index in [2.05, 4.69) is 0 Å². The highest BCUT2D eigenvalue weighted by molar-refractivity contribution is 5.81. The summed E-state index contributed by atoms with van der Waals surface area (Å²) in [4.78, 5) is 39.7. The fourth-order valence-electron chi connectivity index (χ4n) is 2.11. The quantitative estimate of drug-likeness (QED) is 0.628. The van der Waals surface area contributed by atoms with Gasteiger partial charge < -0.3 is 14.7 Å². The van der Waals surface area contributed by atoms with Crippen LogP contribution in [0.15, 0.2) is 0 Å². The van der Waals surface area contributed by atoms with Crippen molar-refractivity contribution >= 4 is 17.7 Å². The number of carbonyl (C=O) groups excluding carboxylic acids is 3. The maximum Gasteiger partial charge on any atom is 0.228 e. The van der Waals surface area contributed by atoms with Gasteiger partial charge in [-0.1, -0.05) is 0 Å². The predicted molar refractivity (Wildman–Crippen MR) is 66.7 cm³/mol. The van der Waals surface area contributed by atoms with Crippen molar-refractivity contribution in [2.75, 3.05) is 40.3 Å². The first-order chi connectivity index (χ1) is 8.32. The Morgan fingerprint density at radius 3 is 1.61 bits per heavy atom. The summed E-state index contributed by atoms with van der Waals surface area (Å²) >= 11 is 0. The molecule has 0 radical (unpaired) electrons. The molecular weight excluding hydrogens is 234 g/mol. The SMILES string of the molecule is CC(=O)N1CCN(C(C)=O)CC(C(=O)N(C)C)C1. The minimum Gasteiger partial charge on any atom is -0.348 e. The Kier molecular flexibility index (Phi) is 4.69. The summed E-state index contributed by atoms with van der Waals surface area (Å²) in [5, 5.41) is 0. The number of nitrogens with zero attached hydrogens (tertiary/aromatic N) is 3. The van der Waals surface area contributed by atoms with E-state index in [0.717, 1.165) is 0 Å². The van der Waals surface area contributed by atoms with Gasteiger partial charge in [-0.25, -0.2) is 0 Å². The molecule has 0 spiro atoms. The minimum atomic E-state index is -0.338. The van der Waals surface area contributed by atoms with Crippen LogP contribution in [0.2, 0.25) is 0 Å². The van der Waals surface area contributed by atoms with Gasteiger partial charge in [-0.2, -0.15) is 0 Å². The van der Waals surface area contributed by atoms with Crippen LogP contribution in [0.5, 0.6) is 0 Å². The smallest absolute Gasteiger partial charge is 0.228 e. The Morgan fingerprint density at radius 2 is 1.33 bits per heavy atom. The molecule has 102 valence electrons. The van der Waals surface area contributed by atoms with Gasteiger partial charge in [-0.3, -0.25) is 14.4 Å². The summed E-state index contributed by atoms with van der Waals surface area (Å²) in [6.45, 7) is 4.73. The molecule has 0 aliphatic carbocycles. The van der Waals surface area contributed by atoms with Gasteiger partial charge in [0.1, 0.15) is 0 Å². The molecule has 0 aromatic carbocycles. The van der Waals surface area contributed by atoms with Gasteiger partial charge in [-0.15, -0.1) is 0 Å². The zero-order valence-corrected chi connectivity index (χ0v) is 11.5. The number of hydrogen-bond acceptors (Lipinski definition) is 3. The zero-order valence-electron chi connectivity index (χ0n) is 11.5. The monoisotopic (exact) mass is 255 g/mol. The number of hydrogen-bond donors (Lipinski definition) is 0. The highest BCUT2D eigenvalue weighted by Crippen LogP contribution is 2.12. The van der Waals surface area contributed by atoms with Crippen molar-refractivity contribution in [2.45, 2.75) is 13.8 Å². The third-order valence-electron chi connectivity index (χ3n) is 3.20. The summed E-state index contributed by atoms with van der Waals surface area (Å²) < 4.78 is 0. The van der Waals surface area contributed by atoms with E-state index >= 15 is 0 Å². The summed E-state index contributed by atoms with van der Waals surface area (Å²) in [5.41, 5.74) is 0. The lowest BCUT2D eigenvalue weighted by Crippen LogP contribution is -2.42. The second-order valence-electron chi connectivity index (χ2n) is 4.86. The van der Waals surface area contributed by atoms with Crippen LogP contribution in [0.1, 0.15) is 13.8 Å². The van der Waals surface area contributed by atoms with Crippen LogP contribution in [-0.4, -0.2) is 72.7 Å². The first-order valence-corrected chi connectivity index (χ1v) is 6.05. The molecule has 1 saturated heterocycles. The number of carbonyl (C=O) groups is 3. The molecule has 1 heterocycles. The molecule has 0 saturated carbocycles. The van der Waals surface area contributed by atoms with Crippen molar-refractivity contribution in [3.05, 3.63) is 0 Å². The van der Waals surface area contributed by atoms with Crippen molar-refractivity contribution < 1.29 is 14.4 Å². The average Bonchev–Trinajstić information content (AvgIpc) is 2.50. The molecule has 1 rings (SSSR count). The molecule has 3 amide bonds. The molecule has 18 heavy (non-hydrogen) atoms. The van der Waals surface area contributed by atoms with Crippen molar-refractivity contribution in [3.8, 4) is 0 Å². The van der Waals surface area contributed by atoms with E-state index in [1.807, 2.05) is 0 Å². The fraction of sp³-hybridized carbons (Fsp3) is 0.750. The van der Waals surface area contributed by atoms with Gasteiger partial charge in [0.25, 0.3) is 0 Å². The summed E-state index contributed by atoms with van der Waals surface area (Å²) in [7, 11) is 3.37. The Hall–Kier alpha value is -1.59. The van der Waals surface area contributed by atoms with Crippen molar-refractivity contribution in [1.29, 1.82) is 0 Å². The predicted octanol–water partition coefficient (Wildman–Crippen LogP) is -0.599. The molecule has 0 N–H and O–H groups in total. The Labute approximate surface area is 108 Å². The molecule has 0 bridgehead atoms. The Balaban J connectivity index is 2.87. The maximum absolute atomic E-state index is 12.0. The van der Waals surface area contributed by atoms with E-state index in [1.54, 1.807) is 23.9 Å². The summed E-state index contributed by atoms with van der Waals surface area (Å²) in [6.07, 6.45) is 0. The van der Waals surface area contributed by atoms with E-state index in [0.29, 0.717) is 26.2 Å². The standard InChI is InChI=1S/C12H21N3O3/c1-9(16)14-5-6-15(10(2)17)8-11(7-14)12(18)13(3)4/h11H,5-8H2,1-4H3. The van der Waals surface area contributed by atoms with Crippen LogP contribution in [0, 0.1) is 5.92 Å². The topological polar surface area (TPSA) is 60.9 Å². The van der Waals surface area contributed by atoms with Gasteiger partial charge in [0.15, 0.2) is 0 Å². The number of rotatable bonds is 1. The van der Waals surface area contributed by atoms with Crippen LogP contribution in [0.3, 0.4) is 0 Å². The molecule has 1 fully saturated rings. The van der Waals surface area contributed by atoms with Crippen LogP contribution >= 0.6 is 0 Å². The highest BCUT2D eigenvalue weighted by atomic mass is 16.2. The molecule has 0 unspecified atom stereocenters. The lowest BCUT2D eigenvalue weighted by atomic mass is 10.1. The van der Waals surface area contributed by atoms with E-state index in [-0.39, 0.29) is 23.6 Å². The van der Waals surface area contributed by atoms with Crippen molar-refractivity contribution in [3.63, 3.8) is 0 Å². The van der Waals surface area contributed by atoms with Crippen LogP contribution in [-0.2, 0) is 14.4 Å². The van der Waals surface area contributed by atoms with Crippen LogP contribution < -0.4 is 0 Å². The largest absolute Gasteiger partial charge is 0.348 e. The lowest BCUT2D eigenvalue weighted by molar-refractivity contribution is -0.136. The summed E-state index contributed by atoms with van der Waals surface area (Å²) in [5.74, 6) is -0.501. The molecule has 1 aliphatic rings. The lowest BCUT2D eigenvalue weighted by Gasteiger charge is -2.25. The van der Waals surface area contributed by atoms with Gasteiger partial charge in [0.05, 0.1) is 5.92 Å². The van der Waals surface area contributed by atoms with E-state index in [4.69, 9.17) is 0 Å². The molecule has 0 aromatic heterocycles. The molecule has 6 nitrogen and oxygen atoms in total. The zero-order chi connectivity index (χ0) is 13.9. The third-order valence-corrected chi connectivity index (χ3v) is 3.20. The van der Waals surface area contributed by atoms with E-state index in [9.17, 15) is 14.4 Å². The molecule has 1 aliphatic heterocycles. The van der Waals surface area contributed by atoms with Gasteiger partial charge in [0, 0.05) is 54.1 Å². The van der Waals surface area contributed by atoms with E-state index in [1.165, 1.54) is 18.7 Å². The number of amides is 3.